The summed E-state index contributed by atoms with van der Waals surface area (Å²) in [6.07, 6.45) is 5.67. The fourth-order valence-electron chi connectivity index (χ4n) is 3.92. The second-order valence-electron chi connectivity index (χ2n) is 7.84. The van der Waals surface area contributed by atoms with Crippen LogP contribution < -0.4 is 15.8 Å². The average molecular weight is 390 g/mol. The Kier molecular flexibility index (Phi) is 4.50. The van der Waals surface area contributed by atoms with E-state index in [4.69, 9.17) is 4.42 Å². The minimum absolute atomic E-state index is 0.159. The average Bonchev–Trinajstić information content (AvgIpc) is 3.60. The van der Waals surface area contributed by atoms with Crippen molar-refractivity contribution in [2.24, 2.45) is 5.92 Å². The third kappa shape index (κ3) is 3.72. The van der Waals surface area contributed by atoms with Crippen molar-refractivity contribution >= 4 is 28.4 Å². The van der Waals surface area contributed by atoms with Crippen LogP contribution in [0, 0.1) is 5.92 Å². The van der Waals surface area contributed by atoms with Gasteiger partial charge in [0.05, 0.1) is 5.92 Å². The predicted molar refractivity (Wildman–Crippen MR) is 110 cm³/mol. The molecule has 5 rings (SSSR count). The molecule has 29 heavy (non-hydrogen) atoms. The number of carbonyl (C=O) groups excluding carboxylic acids is 1. The van der Waals surface area contributed by atoms with Gasteiger partial charge >= 0.3 is 5.63 Å². The molecule has 1 aliphatic heterocycles. The molecule has 1 aliphatic carbocycles. The first-order chi connectivity index (χ1) is 14.2. The highest BCUT2D eigenvalue weighted by Gasteiger charge is 2.29. The van der Waals surface area contributed by atoms with Crippen molar-refractivity contribution in [2.45, 2.75) is 31.6 Å². The second kappa shape index (κ2) is 7.31. The molecule has 1 N–H and O–H groups in total. The van der Waals surface area contributed by atoms with E-state index in [1.54, 1.807) is 18.5 Å². The summed E-state index contributed by atoms with van der Waals surface area (Å²) in [7, 11) is 0. The molecule has 1 saturated carbocycles. The topological polar surface area (TPSA) is 88.3 Å². The highest BCUT2D eigenvalue weighted by atomic mass is 16.4. The van der Waals surface area contributed by atoms with E-state index in [0.29, 0.717) is 18.0 Å². The maximum atomic E-state index is 12.9. The number of rotatable bonds is 4. The molecule has 1 aromatic carbocycles. The number of anilines is 2. The number of para-hydroxylation sites is 1. The first-order valence-corrected chi connectivity index (χ1v) is 10.1. The molecule has 3 heterocycles. The Bertz CT molecular complexity index is 1120. The molecule has 7 heteroatoms. The van der Waals surface area contributed by atoms with Crippen LogP contribution in [0.3, 0.4) is 0 Å². The maximum absolute atomic E-state index is 12.9. The zero-order valence-corrected chi connectivity index (χ0v) is 16.0. The van der Waals surface area contributed by atoms with E-state index in [1.165, 1.54) is 12.8 Å². The predicted octanol–water partition coefficient (Wildman–Crippen LogP) is 3.32. The van der Waals surface area contributed by atoms with Crippen LogP contribution in [0.5, 0.6) is 0 Å². The largest absolute Gasteiger partial charge is 0.421 e. The summed E-state index contributed by atoms with van der Waals surface area (Å²) in [6.45, 7) is 1.44. The molecule has 148 valence electrons. The van der Waals surface area contributed by atoms with Gasteiger partial charge in [-0.2, -0.15) is 0 Å². The second-order valence-corrected chi connectivity index (χ2v) is 7.84. The highest BCUT2D eigenvalue weighted by molar-refractivity contribution is 5.94. The Morgan fingerprint density at radius 1 is 1.14 bits per heavy atom. The Labute approximate surface area is 167 Å². The molecule has 3 aromatic rings. The summed E-state index contributed by atoms with van der Waals surface area (Å²) in [5.74, 6) is 1.07. The number of hydrogen-bond acceptors (Lipinski definition) is 6. The van der Waals surface area contributed by atoms with Gasteiger partial charge in [0.1, 0.15) is 23.4 Å². The van der Waals surface area contributed by atoms with Crippen LogP contribution in [0.2, 0.25) is 0 Å². The van der Waals surface area contributed by atoms with Gasteiger partial charge in [0.15, 0.2) is 0 Å². The van der Waals surface area contributed by atoms with Crippen LogP contribution in [-0.4, -0.2) is 29.0 Å². The number of hydrogen-bond donors (Lipinski definition) is 1. The van der Waals surface area contributed by atoms with Crippen molar-refractivity contribution in [3.05, 3.63) is 58.8 Å². The van der Waals surface area contributed by atoms with Gasteiger partial charge in [0.2, 0.25) is 5.91 Å². The molecular formula is C22H22N4O3. The van der Waals surface area contributed by atoms with E-state index in [1.807, 2.05) is 18.2 Å². The van der Waals surface area contributed by atoms with Crippen LogP contribution in [0.4, 0.5) is 11.5 Å². The lowest BCUT2D eigenvalue weighted by Gasteiger charge is -2.32. The van der Waals surface area contributed by atoms with E-state index in [-0.39, 0.29) is 17.5 Å². The number of nitrogens with zero attached hydrogens (tertiary/aromatic N) is 3. The molecule has 7 nitrogen and oxygen atoms in total. The highest BCUT2D eigenvalue weighted by Crippen LogP contribution is 2.39. The quantitative estimate of drug-likeness (QED) is 0.688. The standard InChI is InChI=1S/C22H22N4O3/c27-21(25-18-10-15-4-1-2-6-19(15)29-22(18)28)16-5-3-9-26(12-16)20-11-17(14-7-8-14)23-13-24-20/h1-2,4,6,10-11,13-14,16H,3,5,7-9,12H2,(H,25,27)/t16-/m1/s1. The summed E-state index contributed by atoms with van der Waals surface area (Å²) < 4.78 is 5.32. The Morgan fingerprint density at radius 3 is 2.86 bits per heavy atom. The number of piperidine rings is 1. The van der Waals surface area contributed by atoms with Crippen molar-refractivity contribution in [1.29, 1.82) is 0 Å². The van der Waals surface area contributed by atoms with Crippen LogP contribution in [-0.2, 0) is 4.79 Å². The molecule has 0 bridgehead atoms. The molecule has 1 amide bonds. The minimum Gasteiger partial charge on any atom is -0.421 e. The Morgan fingerprint density at radius 2 is 2.00 bits per heavy atom. The zero-order valence-electron chi connectivity index (χ0n) is 16.0. The number of fused-ring (bicyclic) bond motifs is 1. The van der Waals surface area contributed by atoms with E-state index in [0.717, 1.165) is 36.3 Å². The van der Waals surface area contributed by atoms with Crippen molar-refractivity contribution in [3.63, 3.8) is 0 Å². The van der Waals surface area contributed by atoms with E-state index in [9.17, 15) is 9.59 Å². The lowest BCUT2D eigenvalue weighted by molar-refractivity contribution is -0.120. The van der Waals surface area contributed by atoms with Crippen molar-refractivity contribution < 1.29 is 9.21 Å². The molecule has 1 saturated heterocycles. The molecule has 0 unspecified atom stereocenters. The fraction of sp³-hybridized carbons (Fsp3) is 0.364. The molecule has 2 aliphatic rings. The van der Waals surface area contributed by atoms with E-state index < -0.39 is 5.63 Å². The van der Waals surface area contributed by atoms with Gasteiger partial charge in [-0.15, -0.1) is 0 Å². The number of amides is 1. The van der Waals surface area contributed by atoms with Crippen LogP contribution in [0.25, 0.3) is 11.0 Å². The molecule has 2 fully saturated rings. The molecular weight excluding hydrogens is 368 g/mol. The first kappa shape index (κ1) is 17.8. The number of aromatic nitrogens is 2. The van der Waals surface area contributed by atoms with Crippen molar-refractivity contribution in [3.8, 4) is 0 Å². The van der Waals surface area contributed by atoms with Crippen molar-refractivity contribution in [1.82, 2.24) is 9.97 Å². The Balaban J connectivity index is 1.32. The third-order valence-corrected chi connectivity index (χ3v) is 5.68. The van der Waals surface area contributed by atoms with Gasteiger partial charge < -0.3 is 14.6 Å². The van der Waals surface area contributed by atoms with Gasteiger partial charge in [-0.1, -0.05) is 18.2 Å². The number of benzene rings is 1. The van der Waals surface area contributed by atoms with Crippen LogP contribution in [0.1, 0.15) is 37.3 Å². The summed E-state index contributed by atoms with van der Waals surface area (Å²) in [6, 6.07) is 11.0. The number of carbonyl (C=O) groups is 1. The van der Waals surface area contributed by atoms with Gasteiger partial charge in [0.25, 0.3) is 0 Å². The van der Waals surface area contributed by atoms with Gasteiger partial charge in [-0.3, -0.25) is 4.79 Å². The summed E-state index contributed by atoms with van der Waals surface area (Å²) in [4.78, 5) is 36.0. The van der Waals surface area contributed by atoms with Crippen molar-refractivity contribution in [2.75, 3.05) is 23.3 Å². The minimum atomic E-state index is -0.533. The lowest BCUT2D eigenvalue weighted by atomic mass is 9.97. The third-order valence-electron chi connectivity index (χ3n) is 5.68. The van der Waals surface area contributed by atoms with Gasteiger partial charge in [-0.25, -0.2) is 14.8 Å². The zero-order chi connectivity index (χ0) is 19.8. The maximum Gasteiger partial charge on any atom is 0.360 e. The van der Waals surface area contributed by atoms with Crippen LogP contribution >= 0.6 is 0 Å². The first-order valence-electron chi connectivity index (χ1n) is 10.1. The van der Waals surface area contributed by atoms with E-state index >= 15 is 0 Å². The molecule has 0 radical (unpaired) electrons. The summed E-state index contributed by atoms with van der Waals surface area (Å²) in [5.41, 5.74) is 1.25. The fourth-order valence-corrected chi connectivity index (χ4v) is 3.92. The molecule has 1 atom stereocenters. The molecule has 2 aromatic heterocycles. The van der Waals surface area contributed by atoms with E-state index in [2.05, 4.69) is 26.3 Å². The SMILES string of the molecule is O=C(Nc1cc2ccccc2oc1=O)[C@@H]1CCCN(c2cc(C3CC3)ncn2)C1. The normalized spacial score (nSPS) is 19.3. The van der Waals surface area contributed by atoms with Crippen LogP contribution in [0.15, 0.2) is 51.9 Å². The number of nitrogens with one attached hydrogen (secondary N) is 1. The monoisotopic (exact) mass is 390 g/mol. The van der Waals surface area contributed by atoms with Gasteiger partial charge in [-0.05, 0) is 37.8 Å². The smallest absolute Gasteiger partial charge is 0.360 e. The summed E-state index contributed by atoms with van der Waals surface area (Å²) in [5, 5.41) is 3.56. The van der Waals surface area contributed by atoms with Gasteiger partial charge in [0, 0.05) is 36.2 Å². The Hall–Kier alpha value is -3.22. The lowest BCUT2D eigenvalue weighted by Crippen LogP contribution is -2.41. The summed E-state index contributed by atoms with van der Waals surface area (Å²) >= 11 is 0. The molecule has 0 spiro atoms.